The third-order valence-corrected chi connectivity index (χ3v) is 2.97. The lowest BCUT2D eigenvalue weighted by Gasteiger charge is -2.02. The average molecular weight is 251 g/mol. The van der Waals surface area contributed by atoms with Crippen LogP contribution >= 0.6 is 0 Å². The van der Waals surface area contributed by atoms with Gasteiger partial charge in [0.05, 0.1) is 0 Å². The first kappa shape index (κ1) is 13.0. The Morgan fingerprint density at radius 2 is 1.84 bits per heavy atom. The molecule has 2 rings (SSSR count). The average Bonchev–Trinajstić information content (AvgIpc) is 2.40. The maximum Gasteiger partial charge on any atom is 0.0356 e. The van der Waals surface area contributed by atoms with Crippen molar-refractivity contribution in [2.45, 2.75) is 13.5 Å². The lowest BCUT2D eigenvalue weighted by molar-refractivity contribution is 1.07. The van der Waals surface area contributed by atoms with Gasteiger partial charge in [-0.1, -0.05) is 17.9 Å². The molecule has 0 saturated carbocycles. The predicted molar refractivity (Wildman–Crippen MR) is 80.3 cm³/mol. The van der Waals surface area contributed by atoms with Crippen LogP contribution in [-0.2, 0) is 6.54 Å². The fraction of sp³-hybridized carbons (Fsp3) is 0.125. The van der Waals surface area contributed by atoms with Crippen molar-refractivity contribution < 1.29 is 0 Å². The van der Waals surface area contributed by atoms with Crippen molar-refractivity contribution in [2.75, 3.05) is 11.5 Å². The Morgan fingerprint density at radius 1 is 1.05 bits per heavy atom. The van der Waals surface area contributed by atoms with Crippen LogP contribution < -0.4 is 17.2 Å². The Hall–Kier alpha value is -2.44. The van der Waals surface area contributed by atoms with Gasteiger partial charge in [-0.15, -0.1) is 0 Å². The lowest BCUT2D eigenvalue weighted by Crippen LogP contribution is -1.98. The van der Waals surface area contributed by atoms with Gasteiger partial charge in [-0.2, -0.15) is 0 Å². The minimum Gasteiger partial charge on any atom is -0.399 e. The van der Waals surface area contributed by atoms with E-state index >= 15 is 0 Å². The quantitative estimate of drug-likeness (QED) is 0.536. The minimum absolute atomic E-state index is 0.455. The van der Waals surface area contributed by atoms with Gasteiger partial charge in [0.1, 0.15) is 0 Å². The number of anilines is 2. The second kappa shape index (κ2) is 5.47. The first-order valence-electron chi connectivity index (χ1n) is 6.07. The zero-order chi connectivity index (χ0) is 13.8. The standard InChI is InChI=1S/C16H17N3/c1-11-14(3-2-4-16(11)19)6-5-12-7-13(10-17)9-15(18)8-12/h2-4,7-9H,10,17-19H2,1H3. The summed E-state index contributed by atoms with van der Waals surface area (Å²) in [4.78, 5) is 0. The fourth-order valence-corrected chi connectivity index (χ4v) is 1.84. The largest absolute Gasteiger partial charge is 0.399 e. The molecule has 6 N–H and O–H groups in total. The summed E-state index contributed by atoms with van der Waals surface area (Å²) in [5.74, 6) is 6.23. The molecule has 0 aromatic heterocycles. The van der Waals surface area contributed by atoms with Gasteiger partial charge in [0.25, 0.3) is 0 Å². The monoisotopic (exact) mass is 251 g/mol. The summed E-state index contributed by atoms with van der Waals surface area (Å²) >= 11 is 0. The number of rotatable bonds is 1. The SMILES string of the molecule is Cc1c(N)cccc1C#Cc1cc(N)cc(CN)c1. The highest BCUT2D eigenvalue weighted by Crippen LogP contribution is 2.15. The van der Waals surface area contributed by atoms with Crippen LogP contribution in [0.4, 0.5) is 11.4 Å². The van der Waals surface area contributed by atoms with E-state index in [0.29, 0.717) is 12.2 Å². The molecule has 0 atom stereocenters. The first-order chi connectivity index (χ1) is 9.10. The summed E-state index contributed by atoms with van der Waals surface area (Å²) in [6.07, 6.45) is 0. The van der Waals surface area contributed by atoms with Gasteiger partial charge in [0, 0.05) is 29.0 Å². The van der Waals surface area contributed by atoms with E-state index in [1.165, 1.54) is 0 Å². The normalized spacial score (nSPS) is 9.79. The maximum atomic E-state index is 5.86. The summed E-state index contributed by atoms with van der Waals surface area (Å²) in [7, 11) is 0. The van der Waals surface area contributed by atoms with Gasteiger partial charge in [-0.3, -0.25) is 0 Å². The molecular weight excluding hydrogens is 234 g/mol. The molecule has 0 spiro atoms. The topological polar surface area (TPSA) is 78.1 Å². The number of benzene rings is 2. The van der Waals surface area contributed by atoms with Crippen molar-refractivity contribution in [3.8, 4) is 11.8 Å². The summed E-state index contributed by atoms with van der Waals surface area (Å²) < 4.78 is 0. The Bertz CT molecular complexity index is 663. The molecule has 0 aliphatic carbocycles. The van der Waals surface area contributed by atoms with E-state index < -0.39 is 0 Å². The molecule has 0 radical (unpaired) electrons. The van der Waals surface area contributed by atoms with Crippen LogP contribution in [0.3, 0.4) is 0 Å². The van der Waals surface area contributed by atoms with Gasteiger partial charge in [0.2, 0.25) is 0 Å². The van der Waals surface area contributed by atoms with Crippen molar-refractivity contribution >= 4 is 11.4 Å². The number of hydrogen-bond donors (Lipinski definition) is 3. The van der Waals surface area contributed by atoms with Crippen molar-refractivity contribution in [3.05, 3.63) is 58.7 Å². The summed E-state index contributed by atoms with van der Waals surface area (Å²) in [5, 5.41) is 0. The van der Waals surface area contributed by atoms with Crippen LogP contribution in [0.25, 0.3) is 0 Å². The van der Waals surface area contributed by atoms with E-state index in [-0.39, 0.29) is 0 Å². The second-order valence-electron chi connectivity index (χ2n) is 4.44. The summed E-state index contributed by atoms with van der Waals surface area (Å²) in [6.45, 7) is 2.42. The van der Waals surface area contributed by atoms with Crippen LogP contribution in [0.1, 0.15) is 22.3 Å². The molecule has 0 heterocycles. The molecule has 0 fully saturated rings. The zero-order valence-electron chi connectivity index (χ0n) is 10.9. The van der Waals surface area contributed by atoms with Crippen LogP contribution in [0.5, 0.6) is 0 Å². The van der Waals surface area contributed by atoms with E-state index in [2.05, 4.69) is 11.8 Å². The minimum atomic E-state index is 0.455. The highest BCUT2D eigenvalue weighted by atomic mass is 14.6. The van der Waals surface area contributed by atoms with Crippen LogP contribution in [0.2, 0.25) is 0 Å². The molecule has 3 heteroatoms. The Kier molecular flexibility index (Phi) is 3.74. The Labute approximate surface area is 113 Å². The molecular formula is C16H17N3. The summed E-state index contributed by atoms with van der Waals surface area (Å²) in [6, 6.07) is 11.4. The summed E-state index contributed by atoms with van der Waals surface area (Å²) in [5.41, 5.74) is 22.5. The first-order valence-corrected chi connectivity index (χ1v) is 6.07. The Balaban J connectivity index is 2.39. The fourth-order valence-electron chi connectivity index (χ4n) is 1.84. The van der Waals surface area contributed by atoms with Gasteiger partial charge in [-0.05, 0) is 48.4 Å². The second-order valence-corrected chi connectivity index (χ2v) is 4.44. The molecule has 2 aromatic rings. The van der Waals surface area contributed by atoms with Gasteiger partial charge in [-0.25, -0.2) is 0 Å². The molecule has 0 saturated heterocycles. The maximum absolute atomic E-state index is 5.86. The molecule has 0 aliphatic heterocycles. The molecule has 2 aromatic carbocycles. The highest BCUT2D eigenvalue weighted by molar-refractivity contribution is 5.58. The van der Waals surface area contributed by atoms with Crippen molar-refractivity contribution in [1.29, 1.82) is 0 Å². The van der Waals surface area contributed by atoms with Gasteiger partial charge < -0.3 is 17.2 Å². The molecule has 0 aliphatic rings. The molecule has 3 nitrogen and oxygen atoms in total. The lowest BCUT2D eigenvalue weighted by atomic mass is 10.1. The van der Waals surface area contributed by atoms with Crippen LogP contribution in [0, 0.1) is 18.8 Å². The predicted octanol–water partition coefficient (Wildman–Crippen LogP) is 2.02. The zero-order valence-corrected chi connectivity index (χ0v) is 10.9. The van der Waals surface area contributed by atoms with E-state index in [1.54, 1.807) is 0 Å². The van der Waals surface area contributed by atoms with Gasteiger partial charge in [0.15, 0.2) is 0 Å². The third-order valence-electron chi connectivity index (χ3n) is 2.97. The van der Waals surface area contributed by atoms with E-state index in [9.17, 15) is 0 Å². The smallest absolute Gasteiger partial charge is 0.0356 e. The number of hydrogen-bond acceptors (Lipinski definition) is 3. The van der Waals surface area contributed by atoms with Crippen LogP contribution in [-0.4, -0.2) is 0 Å². The van der Waals surface area contributed by atoms with Gasteiger partial charge >= 0.3 is 0 Å². The van der Waals surface area contributed by atoms with Crippen molar-refractivity contribution in [2.24, 2.45) is 5.73 Å². The molecule has 0 bridgehead atoms. The van der Waals surface area contributed by atoms with E-state index in [0.717, 1.165) is 27.9 Å². The Morgan fingerprint density at radius 3 is 2.58 bits per heavy atom. The van der Waals surface area contributed by atoms with Crippen LogP contribution in [0.15, 0.2) is 36.4 Å². The third kappa shape index (κ3) is 3.06. The molecule has 19 heavy (non-hydrogen) atoms. The van der Waals surface area contributed by atoms with E-state index in [4.69, 9.17) is 17.2 Å². The number of nitrogen functional groups attached to an aromatic ring is 2. The molecule has 0 unspecified atom stereocenters. The van der Waals surface area contributed by atoms with Crippen molar-refractivity contribution in [1.82, 2.24) is 0 Å². The van der Waals surface area contributed by atoms with E-state index in [1.807, 2.05) is 43.3 Å². The van der Waals surface area contributed by atoms with Crippen molar-refractivity contribution in [3.63, 3.8) is 0 Å². The highest BCUT2D eigenvalue weighted by Gasteiger charge is 1.98. The molecule has 0 amide bonds. The molecule has 96 valence electrons. The number of nitrogens with two attached hydrogens (primary N) is 3.